The minimum Gasteiger partial charge on any atom is -0.387 e. The maximum absolute atomic E-state index is 12.5. The number of nitrogens with zero attached hydrogens (tertiary/aromatic N) is 1. The lowest BCUT2D eigenvalue weighted by Crippen LogP contribution is -2.45. The number of carbonyl (C=O) groups is 1. The van der Waals surface area contributed by atoms with Gasteiger partial charge in [-0.25, -0.2) is 4.57 Å². The molecule has 0 radical (unpaired) electrons. The summed E-state index contributed by atoms with van der Waals surface area (Å²) in [6.07, 6.45) is 39.2. The highest BCUT2D eigenvalue weighted by Crippen LogP contribution is 2.43. The second-order valence-electron chi connectivity index (χ2n) is 16.1. The normalized spacial score (nSPS) is 14.6. The number of phosphoric ester groups is 1. The first-order valence-electron chi connectivity index (χ1n) is 21.6. The molecule has 0 heterocycles. The molecule has 0 aliphatic rings. The molecular formula is C42H86N2O6P+. The molecule has 0 fully saturated rings. The third-order valence-corrected chi connectivity index (χ3v) is 10.7. The first-order chi connectivity index (χ1) is 24.5. The van der Waals surface area contributed by atoms with Gasteiger partial charge in [-0.05, 0) is 19.3 Å². The predicted octanol–water partition coefficient (Wildman–Crippen LogP) is 11.6. The maximum Gasteiger partial charge on any atom is 0.472 e. The summed E-state index contributed by atoms with van der Waals surface area (Å²) >= 11 is 0. The molecule has 3 unspecified atom stereocenters. The molecule has 3 N–H and O–H groups in total. The largest absolute Gasteiger partial charge is 0.472 e. The Bertz CT molecular complexity index is 850. The third kappa shape index (κ3) is 37.4. The summed E-state index contributed by atoms with van der Waals surface area (Å²) in [6.45, 7) is 4.69. The summed E-state index contributed by atoms with van der Waals surface area (Å²) in [7, 11) is 1.57. The van der Waals surface area contributed by atoms with E-state index in [4.69, 9.17) is 9.05 Å². The fraction of sp³-hybridized carbons (Fsp3) is 0.929. The Labute approximate surface area is 316 Å². The minimum atomic E-state index is -4.31. The number of hydrogen-bond acceptors (Lipinski definition) is 5. The van der Waals surface area contributed by atoms with Gasteiger partial charge in [-0.3, -0.25) is 13.8 Å². The Morgan fingerprint density at radius 2 is 1.04 bits per heavy atom. The fourth-order valence-corrected chi connectivity index (χ4v) is 7.01. The number of aliphatic hydroxyl groups excluding tert-OH is 1. The minimum absolute atomic E-state index is 0.0632. The summed E-state index contributed by atoms with van der Waals surface area (Å²) < 4.78 is 23.3. The van der Waals surface area contributed by atoms with E-state index in [1.54, 1.807) is 6.08 Å². The SMILES string of the molecule is CCCCCCCCCCCCCCCCCCCCCCCCC/C=C/C(O)C(COP(=O)(O)OCC[N+](C)(C)C)NC(=O)CCCCCC. The van der Waals surface area contributed by atoms with E-state index in [2.05, 4.69) is 19.2 Å². The van der Waals surface area contributed by atoms with Crippen LogP contribution in [-0.2, 0) is 18.4 Å². The van der Waals surface area contributed by atoms with Crippen LogP contribution in [-0.4, -0.2) is 73.4 Å². The van der Waals surface area contributed by atoms with Crippen molar-refractivity contribution in [2.24, 2.45) is 0 Å². The Morgan fingerprint density at radius 3 is 1.45 bits per heavy atom. The maximum atomic E-state index is 12.5. The standard InChI is InChI=1S/C42H85N2O6P/c1-6-8-10-12-13-14-15-16-17-18-19-20-21-22-23-24-25-26-27-28-29-30-31-32-33-35-41(45)40(43-42(46)36-34-11-9-7-2)39-50-51(47,48)49-38-37-44(3,4)5/h33,35,40-41,45H,6-32,34,36-39H2,1-5H3,(H-,43,46,47,48)/p+1/b35-33+. The zero-order valence-corrected chi connectivity index (χ0v) is 35.3. The van der Waals surface area contributed by atoms with Crippen LogP contribution in [0.5, 0.6) is 0 Å². The van der Waals surface area contributed by atoms with E-state index in [-0.39, 0.29) is 19.1 Å². The van der Waals surface area contributed by atoms with E-state index >= 15 is 0 Å². The topological polar surface area (TPSA) is 105 Å². The van der Waals surface area contributed by atoms with Crippen LogP contribution in [0.15, 0.2) is 12.2 Å². The molecule has 0 saturated carbocycles. The van der Waals surface area contributed by atoms with E-state index in [1.807, 2.05) is 27.2 Å². The average molecular weight is 746 g/mol. The smallest absolute Gasteiger partial charge is 0.387 e. The summed E-state index contributed by atoms with van der Waals surface area (Å²) in [6, 6.07) is -0.836. The van der Waals surface area contributed by atoms with Gasteiger partial charge < -0.3 is 19.8 Å². The fourth-order valence-electron chi connectivity index (χ4n) is 6.28. The molecule has 0 aliphatic heterocycles. The van der Waals surface area contributed by atoms with E-state index in [0.29, 0.717) is 17.4 Å². The highest BCUT2D eigenvalue weighted by molar-refractivity contribution is 7.47. The van der Waals surface area contributed by atoms with Crippen LogP contribution in [0.4, 0.5) is 0 Å². The summed E-state index contributed by atoms with van der Waals surface area (Å²) in [5, 5.41) is 13.6. The number of carbonyl (C=O) groups excluding carboxylic acids is 1. The first kappa shape index (κ1) is 50.2. The molecule has 1 amide bonds. The van der Waals surface area contributed by atoms with Crippen molar-refractivity contribution in [2.75, 3.05) is 40.9 Å². The molecule has 0 aromatic carbocycles. The number of hydrogen-bond donors (Lipinski definition) is 3. The van der Waals surface area contributed by atoms with Crippen molar-refractivity contribution in [3.05, 3.63) is 12.2 Å². The molecule has 0 spiro atoms. The number of nitrogens with one attached hydrogen (secondary N) is 1. The van der Waals surface area contributed by atoms with Gasteiger partial charge in [0.15, 0.2) is 0 Å². The number of likely N-dealkylation sites (N-methyl/N-ethyl adjacent to an activating group) is 1. The molecule has 0 aliphatic carbocycles. The molecular weight excluding hydrogens is 659 g/mol. The quantitative estimate of drug-likeness (QED) is 0.0250. The molecule has 0 aromatic heterocycles. The lowest BCUT2D eigenvalue weighted by atomic mass is 10.0. The van der Waals surface area contributed by atoms with Gasteiger partial charge in [0.05, 0.1) is 39.9 Å². The van der Waals surface area contributed by atoms with Gasteiger partial charge >= 0.3 is 7.82 Å². The number of quaternary nitrogens is 1. The average Bonchev–Trinajstić information content (AvgIpc) is 3.07. The van der Waals surface area contributed by atoms with Crippen LogP contribution >= 0.6 is 7.82 Å². The second kappa shape index (κ2) is 35.0. The van der Waals surface area contributed by atoms with Crippen molar-refractivity contribution < 1.29 is 32.9 Å². The highest BCUT2D eigenvalue weighted by Gasteiger charge is 2.27. The Balaban J connectivity index is 4.01. The molecule has 0 rings (SSSR count). The molecule has 51 heavy (non-hydrogen) atoms. The second-order valence-corrected chi connectivity index (χ2v) is 17.5. The molecule has 304 valence electrons. The molecule has 0 bridgehead atoms. The van der Waals surface area contributed by atoms with Gasteiger partial charge in [-0.1, -0.05) is 187 Å². The molecule has 3 atom stereocenters. The van der Waals surface area contributed by atoms with Crippen LogP contribution in [0, 0.1) is 0 Å². The van der Waals surface area contributed by atoms with E-state index in [1.165, 1.54) is 141 Å². The molecule has 0 aromatic rings. The van der Waals surface area contributed by atoms with Crippen LogP contribution in [0.2, 0.25) is 0 Å². The summed E-state index contributed by atoms with van der Waals surface area (Å²) in [4.78, 5) is 22.7. The van der Waals surface area contributed by atoms with E-state index in [0.717, 1.165) is 38.5 Å². The van der Waals surface area contributed by atoms with E-state index < -0.39 is 20.0 Å². The van der Waals surface area contributed by atoms with Crippen LogP contribution in [0.1, 0.15) is 200 Å². The monoisotopic (exact) mass is 746 g/mol. The molecule has 8 nitrogen and oxygen atoms in total. The number of unbranched alkanes of at least 4 members (excludes halogenated alkanes) is 26. The van der Waals surface area contributed by atoms with Gasteiger partial charge in [-0.2, -0.15) is 0 Å². The zero-order chi connectivity index (χ0) is 37.9. The number of phosphoric acid groups is 1. The lowest BCUT2D eigenvalue weighted by Gasteiger charge is -2.25. The van der Waals surface area contributed by atoms with Crippen molar-refractivity contribution in [2.45, 2.75) is 212 Å². The zero-order valence-electron chi connectivity index (χ0n) is 34.4. The Morgan fingerprint density at radius 1 is 0.647 bits per heavy atom. The van der Waals surface area contributed by atoms with Gasteiger partial charge in [0, 0.05) is 6.42 Å². The Hall–Kier alpha value is -0.760. The number of aliphatic hydroxyl groups is 1. The Kier molecular flexibility index (Phi) is 34.5. The number of amides is 1. The number of rotatable bonds is 39. The van der Waals surface area contributed by atoms with Crippen molar-refractivity contribution in [1.82, 2.24) is 5.32 Å². The first-order valence-corrected chi connectivity index (χ1v) is 23.1. The van der Waals surface area contributed by atoms with Gasteiger partial charge in [0.2, 0.25) is 5.91 Å². The lowest BCUT2D eigenvalue weighted by molar-refractivity contribution is -0.870. The summed E-state index contributed by atoms with van der Waals surface area (Å²) in [5.41, 5.74) is 0. The van der Waals surface area contributed by atoms with Crippen molar-refractivity contribution in [3.63, 3.8) is 0 Å². The van der Waals surface area contributed by atoms with Crippen LogP contribution < -0.4 is 5.32 Å². The van der Waals surface area contributed by atoms with Gasteiger partial charge in [0.1, 0.15) is 13.2 Å². The molecule has 0 saturated heterocycles. The van der Waals surface area contributed by atoms with Gasteiger partial charge in [-0.15, -0.1) is 0 Å². The predicted molar refractivity (Wildman–Crippen MR) is 217 cm³/mol. The summed E-state index contributed by atoms with van der Waals surface area (Å²) in [5.74, 6) is -0.194. The van der Waals surface area contributed by atoms with Crippen LogP contribution in [0.3, 0.4) is 0 Å². The number of allylic oxidation sites excluding steroid dienone is 1. The third-order valence-electron chi connectivity index (χ3n) is 9.76. The van der Waals surface area contributed by atoms with Crippen molar-refractivity contribution in [1.29, 1.82) is 0 Å². The van der Waals surface area contributed by atoms with Crippen LogP contribution in [0.25, 0.3) is 0 Å². The molecule has 9 heteroatoms. The van der Waals surface area contributed by atoms with E-state index in [9.17, 15) is 19.4 Å². The van der Waals surface area contributed by atoms with Crippen molar-refractivity contribution >= 4 is 13.7 Å². The highest BCUT2D eigenvalue weighted by atomic mass is 31.2. The van der Waals surface area contributed by atoms with Gasteiger partial charge in [0.25, 0.3) is 0 Å². The van der Waals surface area contributed by atoms with Crippen molar-refractivity contribution in [3.8, 4) is 0 Å².